The molecule has 1 atom stereocenters. The van der Waals surface area contributed by atoms with E-state index in [0.717, 1.165) is 31.1 Å². The quantitative estimate of drug-likeness (QED) is 0.231. The van der Waals surface area contributed by atoms with Gasteiger partial charge in [0, 0.05) is 67.8 Å². The summed E-state index contributed by atoms with van der Waals surface area (Å²) in [7, 11) is 0. The second kappa shape index (κ2) is 17.6. The SMILES string of the molecule is CC(C)OCCN(C(=O)[C@@H](SCCN)C(=O)OC(C)C)c1ccc(C(=O)N2CCN(CCc3ccc(Cl)cc3)CC2)cc1. The summed E-state index contributed by atoms with van der Waals surface area (Å²) in [5.74, 6) is -0.596. The van der Waals surface area contributed by atoms with E-state index in [1.54, 1.807) is 38.1 Å². The van der Waals surface area contributed by atoms with Crippen LogP contribution in [0.2, 0.25) is 5.02 Å². The molecule has 2 aromatic carbocycles. The van der Waals surface area contributed by atoms with E-state index >= 15 is 0 Å². The second-order valence-corrected chi connectivity index (χ2v) is 12.6. The maximum absolute atomic E-state index is 13.7. The molecule has 11 heteroatoms. The zero-order chi connectivity index (χ0) is 31.4. The molecule has 1 heterocycles. The number of hydrogen-bond donors (Lipinski definition) is 1. The van der Waals surface area contributed by atoms with Crippen molar-refractivity contribution in [2.45, 2.75) is 51.6 Å². The van der Waals surface area contributed by atoms with Gasteiger partial charge in [0.15, 0.2) is 5.25 Å². The van der Waals surface area contributed by atoms with Gasteiger partial charge in [0.05, 0.1) is 18.8 Å². The van der Waals surface area contributed by atoms with E-state index in [2.05, 4.69) is 4.90 Å². The van der Waals surface area contributed by atoms with E-state index in [0.29, 0.717) is 43.2 Å². The number of rotatable bonds is 15. The summed E-state index contributed by atoms with van der Waals surface area (Å²) in [6.45, 7) is 12.1. The number of nitrogens with zero attached hydrogens (tertiary/aromatic N) is 3. The normalized spacial score (nSPS) is 14.7. The Bertz CT molecular complexity index is 1170. The molecule has 0 unspecified atom stereocenters. The zero-order valence-corrected chi connectivity index (χ0v) is 27.2. The summed E-state index contributed by atoms with van der Waals surface area (Å²) >= 11 is 7.16. The van der Waals surface area contributed by atoms with Crippen LogP contribution < -0.4 is 10.6 Å². The second-order valence-electron chi connectivity index (χ2n) is 11.0. The van der Waals surface area contributed by atoms with Crippen molar-refractivity contribution in [1.82, 2.24) is 9.80 Å². The Hall–Kier alpha value is -2.63. The molecule has 0 radical (unpaired) electrons. The molecule has 2 aromatic rings. The van der Waals surface area contributed by atoms with E-state index in [4.69, 9.17) is 26.8 Å². The molecule has 0 saturated carbocycles. The highest BCUT2D eigenvalue weighted by Gasteiger charge is 2.34. The minimum Gasteiger partial charge on any atom is -0.462 e. The monoisotopic (exact) mass is 632 g/mol. The van der Waals surface area contributed by atoms with Crippen molar-refractivity contribution in [3.63, 3.8) is 0 Å². The van der Waals surface area contributed by atoms with Gasteiger partial charge in [-0.3, -0.25) is 19.3 Å². The van der Waals surface area contributed by atoms with Gasteiger partial charge in [0.1, 0.15) is 0 Å². The third-order valence-electron chi connectivity index (χ3n) is 6.94. The predicted octanol–water partition coefficient (Wildman–Crippen LogP) is 4.11. The van der Waals surface area contributed by atoms with Crippen LogP contribution in [0, 0.1) is 0 Å². The van der Waals surface area contributed by atoms with Gasteiger partial charge in [-0.2, -0.15) is 0 Å². The minimum atomic E-state index is -1.05. The fraction of sp³-hybridized carbons (Fsp3) is 0.531. The van der Waals surface area contributed by atoms with E-state index < -0.39 is 17.1 Å². The number of anilines is 1. The molecule has 0 spiro atoms. The van der Waals surface area contributed by atoms with Gasteiger partial charge in [-0.1, -0.05) is 23.7 Å². The number of nitrogens with two attached hydrogens (primary N) is 1. The Morgan fingerprint density at radius 3 is 2.19 bits per heavy atom. The number of thioether (sulfide) groups is 1. The molecule has 3 rings (SSSR count). The average molecular weight is 633 g/mol. The van der Waals surface area contributed by atoms with Crippen LogP contribution in [0.4, 0.5) is 5.69 Å². The molecular weight excluding hydrogens is 588 g/mol. The lowest BCUT2D eigenvalue weighted by Gasteiger charge is -2.35. The highest BCUT2D eigenvalue weighted by Crippen LogP contribution is 2.23. The molecule has 0 aliphatic carbocycles. The Morgan fingerprint density at radius 1 is 0.953 bits per heavy atom. The molecule has 1 aliphatic rings. The summed E-state index contributed by atoms with van der Waals surface area (Å²) in [6, 6.07) is 14.9. The van der Waals surface area contributed by atoms with Gasteiger partial charge in [-0.05, 0) is 76.1 Å². The number of carbonyl (C=O) groups is 3. The molecular formula is C32H45ClN4O5S. The van der Waals surface area contributed by atoms with Crippen molar-refractivity contribution in [2.24, 2.45) is 5.73 Å². The third kappa shape index (κ3) is 11.1. The van der Waals surface area contributed by atoms with Crippen molar-refractivity contribution >= 4 is 46.8 Å². The maximum atomic E-state index is 13.7. The number of piperazine rings is 1. The summed E-state index contributed by atoms with van der Waals surface area (Å²) in [4.78, 5) is 45.7. The van der Waals surface area contributed by atoms with Gasteiger partial charge < -0.3 is 25.0 Å². The predicted molar refractivity (Wildman–Crippen MR) is 174 cm³/mol. The van der Waals surface area contributed by atoms with Crippen LogP contribution in [0.3, 0.4) is 0 Å². The van der Waals surface area contributed by atoms with E-state index in [9.17, 15) is 14.4 Å². The van der Waals surface area contributed by atoms with Crippen LogP contribution in [-0.4, -0.2) is 103 Å². The summed E-state index contributed by atoms with van der Waals surface area (Å²) in [5.41, 5.74) is 8.05. The first-order valence-corrected chi connectivity index (χ1v) is 16.3. The van der Waals surface area contributed by atoms with Crippen LogP contribution in [0.15, 0.2) is 48.5 Å². The lowest BCUT2D eigenvalue weighted by atomic mass is 10.1. The number of esters is 1. The lowest BCUT2D eigenvalue weighted by molar-refractivity contribution is -0.148. The van der Waals surface area contributed by atoms with Crippen LogP contribution in [0.5, 0.6) is 0 Å². The van der Waals surface area contributed by atoms with Gasteiger partial charge >= 0.3 is 5.97 Å². The standard InChI is InChI=1S/C32H45ClN4O5S/c1-23(2)41-21-20-37(31(39)29(43-22-14-34)32(40)42-24(3)4)28-11-7-26(8-12-28)30(38)36-18-16-35(17-19-36)15-13-25-5-9-27(33)10-6-25/h5-12,23-24,29H,13-22,34H2,1-4H3/t29-/m1/s1. The Morgan fingerprint density at radius 2 is 1.60 bits per heavy atom. The summed E-state index contributed by atoms with van der Waals surface area (Å²) < 4.78 is 11.1. The minimum absolute atomic E-state index is 0.0110. The first-order chi connectivity index (χ1) is 20.6. The average Bonchev–Trinajstić information content (AvgIpc) is 2.98. The van der Waals surface area contributed by atoms with Crippen molar-refractivity contribution < 1.29 is 23.9 Å². The van der Waals surface area contributed by atoms with E-state index in [1.807, 2.05) is 43.0 Å². The fourth-order valence-corrected chi connectivity index (χ4v) is 5.65. The third-order valence-corrected chi connectivity index (χ3v) is 8.39. The smallest absolute Gasteiger partial charge is 0.329 e. The Kier molecular flexibility index (Phi) is 14.3. The van der Waals surface area contributed by atoms with Crippen LogP contribution in [0.1, 0.15) is 43.6 Å². The molecule has 1 fully saturated rings. The largest absolute Gasteiger partial charge is 0.462 e. The highest BCUT2D eigenvalue weighted by atomic mass is 35.5. The lowest BCUT2D eigenvalue weighted by Crippen LogP contribution is -2.49. The first-order valence-electron chi connectivity index (χ1n) is 14.9. The van der Waals surface area contributed by atoms with Gasteiger partial charge in [0.25, 0.3) is 11.8 Å². The van der Waals surface area contributed by atoms with Crippen molar-refractivity contribution in [1.29, 1.82) is 0 Å². The molecule has 9 nitrogen and oxygen atoms in total. The van der Waals surface area contributed by atoms with Crippen LogP contribution in [0.25, 0.3) is 0 Å². The molecule has 236 valence electrons. The van der Waals surface area contributed by atoms with E-state index in [1.165, 1.54) is 22.2 Å². The number of hydrogen-bond acceptors (Lipinski definition) is 8. The van der Waals surface area contributed by atoms with E-state index in [-0.39, 0.29) is 24.7 Å². The number of halogens is 1. The molecule has 43 heavy (non-hydrogen) atoms. The number of benzene rings is 2. The molecule has 2 amide bonds. The van der Waals surface area contributed by atoms with Crippen LogP contribution in [-0.2, 0) is 25.5 Å². The highest BCUT2D eigenvalue weighted by molar-refractivity contribution is 8.01. The topological polar surface area (TPSA) is 105 Å². The Balaban J connectivity index is 1.65. The van der Waals surface area contributed by atoms with Crippen molar-refractivity contribution in [2.75, 3.05) is 63.1 Å². The molecule has 1 saturated heterocycles. The van der Waals surface area contributed by atoms with Gasteiger partial charge in [0.2, 0.25) is 0 Å². The first kappa shape index (κ1) is 34.9. The summed E-state index contributed by atoms with van der Waals surface area (Å²) in [5, 5.41) is -0.317. The van der Waals surface area contributed by atoms with Gasteiger partial charge in [-0.15, -0.1) is 11.8 Å². The Labute approximate surface area is 265 Å². The van der Waals surface area contributed by atoms with Gasteiger partial charge in [-0.25, -0.2) is 0 Å². The maximum Gasteiger partial charge on any atom is 0.329 e. The molecule has 0 bridgehead atoms. The zero-order valence-electron chi connectivity index (χ0n) is 25.7. The molecule has 0 aromatic heterocycles. The number of carbonyl (C=O) groups excluding carboxylic acids is 3. The molecule has 1 aliphatic heterocycles. The van der Waals surface area contributed by atoms with Crippen molar-refractivity contribution in [3.8, 4) is 0 Å². The number of amides is 2. The fourth-order valence-electron chi connectivity index (χ4n) is 4.69. The number of ether oxygens (including phenoxy) is 2. The van der Waals surface area contributed by atoms with Crippen molar-refractivity contribution in [3.05, 3.63) is 64.7 Å². The summed E-state index contributed by atoms with van der Waals surface area (Å²) in [6.07, 6.45) is 0.572. The molecule has 2 N–H and O–H groups in total. The van der Waals surface area contributed by atoms with Crippen LogP contribution >= 0.6 is 23.4 Å².